The summed E-state index contributed by atoms with van der Waals surface area (Å²) in [6.07, 6.45) is 7.35. The second kappa shape index (κ2) is 9.69. The SMILES string of the molecule is CCOC(=O)C1CCC(C2CCCCC2)N1C(=O)Cc1c(Cl)cc(Cl)cc1Cl. The lowest BCUT2D eigenvalue weighted by molar-refractivity contribution is -0.154. The monoisotopic (exact) mass is 445 g/mol. The first-order valence-electron chi connectivity index (χ1n) is 10.0. The van der Waals surface area contributed by atoms with Gasteiger partial charge in [-0.2, -0.15) is 0 Å². The molecule has 28 heavy (non-hydrogen) atoms. The molecule has 1 saturated carbocycles. The molecule has 154 valence electrons. The van der Waals surface area contributed by atoms with Gasteiger partial charge >= 0.3 is 5.97 Å². The fraction of sp³-hybridized carbons (Fsp3) is 0.619. The predicted octanol–water partition coefficient (Wildman–Crippen LogP) is 5.69. The molecule has 2 aliphatic rings. The Kier molecular flexibility index (Phi) is 7.52. The molecule has 1 aliphatic carbocycles. The van der Waals surface area contributed by atoms with Gasteiger partial charge in [0.15, 0.2) is 0 Å². The van der Waals surface area contributed by atoms with Crippen LogP contribution in [0.5, 0.6) is 0 Å². The van der Waals surface area contributed by atoms with Crippen LogP contribution >= 0.6 is 34.8 Å². The van der Waals surface area contributed by atoms with E-state index in [9.17, 15) is 9.59 Å². The first-order chi connectivity index (χ1) is 13.4. The molecule has 1 aromatic carbocycles. The zero-order valence-electron chi connectivity index (χ0n) is 16.1. The smallest absolute Gasteiger partial charge is 0.328 e. The van der Waals surface area contributed by atoms with Gasteiger partial charge in [-0.1, -0.05) is 54.1 Å². The van der Waals surface area contributed by atoms with Crippen LogP contribution in [0.3, 0.4) is 0 Å². The third-order valence-electron chi connectivity index (χ3n) is 5.90. The van der Waals surface area contributed by atoms with Gasteiger partial charge in [0.25, 0.3) is 0 Å². The second-order valence-electron chi connectivity index (χ2n) is 7.64. The topological polar surface area (TPSA) is 46.6 Å². The van der Waals surface area contributed by atoms with Crippen molar-refractivity contribution >= 4 is 46.7 Å². The third-order valence-corrected chi connectivity index (χ3v) is 6.80. The molecule has 0 bridgehead atoms. The summed E-state index contributed by atoms with van der Waals surface area (Å²) in [6.45, 7) is 2.09. The number of rotatable bonds is 5. The average molecular weight is 447 g/mol. The minimum absolute atomic E-state index is 0.0496. The van der Waals surface area contributed by atoms with Crippen molar-refractivity contribution in [2.24, 2.45) is 5.92 Å². The van der Waals surface area contributed by atoms with E-state index in [2.05, 4.69) is 0 Å². The number of hydrogen-bond donors (Lipinski definition) is 0. The number of amides is 1. The number of hydrogen-bond acceptors (Lipinski definition) is 3. The minimum Gasteiger partial charge on any atom is -0.464 e. The molecule has 0 spiro atoms. The summed E-state index contributed by atoms with van der Waals surface area (Å²) in [6, 6.07) is 2.72. The van der Waals surface area contributed by atoms with Crippen molar-refractivity contribution in [3.63, 3.8) is 0 Å². The molecule has 2 unspecified atom stereocenters. The molecule has 2 fully saturated rings. The Bertz CT molecular complexity index is 711. The molecule has 1 aromatic rings. The van der Waals surface area contributed by atoms with Crippen LogP contribution in [0.25, 0.3) is 0 Å². The summed E-state index contributed by atoms with van der Waals surface area (Å²) in [7, 11) is 0. The largest absolute Gasteiger partial charge is 0.464 e. The van der Waals surface area contributed by atoms with Crippen LogP contribution in [0.15, 0.2) is 12.1 Å². The Balaban J connectivity index is 1.85. The molecule has 1 saturated heterocycles. The van der Waals surface area contributed by atoms with Crippen LogP contribution < -0.4 is 0 Å². The summed E-state index contributed by atoms with van der Waals surface area (Å²) < 4.78 is 5.25. The van der Waals surface area contributed by atoms with E-state index in [0.29, 0.717) is 39.6 Å². The van der Waals surface area contributed by atoms with Gasteiger partial charge in [-0.3, -0.25) is 4.79 Å². The van der Waals surface area contributed by atoms with E-state index in [1.54, 1.807) is 24.0 Å². The van der Waals surface area contributed by atoms with E-state index >= 15 is 0 Å². The van der Waals surface area contributed by atoms with Crippen molar-refractivity contribution in [3.8, 4) is 0 Å². The maximum absolute atomic E-state index is 13.3. The maximum Gasteiger partial charge on any atom is 0.328 e. The van der Waals surface area contributed by atoms with Gasteiger partial charge in [-0.25, -0.2) is 4.79 Å². The van der Waals surface area contributed by atoms with Gasteiger partial charge in [0.05, 0.1) is 13.0 Å². The zero-order chi connectivity index (χ0) is 20.3. The molecule has 1 aliphatic heterocycles. The molecule has 0 N–H and O–H groups in total. The Labute approximate surface area is 181 Å². The predicted molar refractivity (Wildman–Crippen MR) is 112 cm³/mol. The summed E-state index contributed by atoms with van der Waals surface area (Å²) in [5.74, 6) is -0.00648. The van der Waals surface area contributed by atoms with Crippen molar-refractivity contribution in [2.75, 3.05) is 6.61 Å². The van der Waals surface area contributed by atoms with Crippen molar-refractivity contribution in [2.45, 2.75) is 70.4 Å². The number of likely N-dealkylation sites (tertiary alicyclic amines) is 1. The summed E-state index contributed by atoms with van der Waals surface area (Å²) in [5, 5.41) is 1.16. The number of benzene rings is 1. The van der Waals surface area contributed by atoms with E-state index in [1.165, 1.54) is 19.3 Å². The highest BCUT2D eigenvalue weighted by atomic mass is 35.5. The number of carbonyl (C=O) groups excluding carboxylic acids is 2. The van der Waals surface area contributed by atoms with E-state index in [-0.39, 0.29) is 24.3 Å². The Morgan fingerprint density at radius 2 is 1.68 bits per heavy atom. The molecule has 1 heterocycles. The van der Waals surface area contributed by atoms with Crippen LogP contribution in [0.2, 0.25) is 15.1 Å². The number of esters is 1. The lowest BCUT2D eigenvalue weighted by Gasteiger charge is -2.36. The first-order valence-corrected chi connectivity index (χ1v) is 11.2. The van der Waals surface area contributed by atoms with E-state index in [4.69, 9.17) is 39.5 Å². The number of nitrogens with zero attached hydrogens (tertiary/aromatic N) is 1. The number of halogens is 3. The molecule has 0 radical (unpaired) electrons. The van der Waals surface area contributed by atoms with Gasteiger partial charge < -0.3 is 9.64 Å². The zero-order valence-corrected chi connectivity index (χ0v) is 18.3. The Morgan fingerprint density at radius 3 is 2.29 bits per heavy atom. The van der Waals surface area contributed by atoms with Crippen LogP contribution in [0.4, 0.5) is 0 Å². The lowest BCUT2D eigenvalue weighted by atomic mass is 9.83. The summed E-state index contributed by atoms with van der Waals surface area (Å²) in [4.78, 5) is 27.7. The van der Waals surface area contributed by atoms with Crippen LogP contribution in [0, 0.1) is 5.92 Å². The Hall–Kier alpha value is -0.970. The van der Waals surface area contributed by atoms with Gasteiger partial charge in [0.1, 0.15) is 6.04 Å². The summed E-state index contributed by atoms with van der Waals surface area (Å²) >= 11 is 18.6. The molecule has 2 atom stereocenters. The van der Waals surface area contributed by atoms with E-state index in [1.807, 2.05) is 0 Å². The van der Waals surface area contributed by atoms with Gasteiger partial charge in [0, 0.05) is 21.1 Å². The average Bonchev–Trinajstić information content (AvgIpc) is 3.11. The van der Waals surface area contributed by atoms with Gasteiger partial charge in [-0.05, 0) is 56.2 Å². The molecular weight excluding hydrogens is 421 g/mol. The molecule has 7 heteroatoms. The minimum atomic E-state index is -0.524. The van der Waals surface area contributed by atoms with Crippen molar-refractivity contribution in [1.29, 1.82) is 0 Å². The molecule has 1 amide bonds. The summed E-state index contributed by atoms with van der Waals surface area (Å²) in [5.41, 5.74) is 0.551. The highest BCUT2D eigenvalue weighted by molar-refractivity contribution is 6.39. The van der Waals surface area contributed by atoms with Crippen molar-refractivity contribution in [1.82, 2.24) is 4.90 Å². The van der Waals surface area contributed by atoms with Crippen LogP contribution in [-0.2, 0) is 20.7 Å². The van der Waals surface area contributed by atoms with E-state index in [0.717, 1.165) is 19.3 Å². The highest BCUT2D eigenvalue weighted by Gasteiger charge is 2.44. The second-order valence-corrected chi connectivity index (χ2v) is 8.89. The van der Waals surface area contributed by atoms with Crippen LogP contribution in [0.1, 0.15) is 57.4 Å². The lowest BCUT2D eigenvalue weighted by Crippen LogP contribution is -2.49. The first kappa shape index (κ1) is 21.7. The normalized spacial score (nSPS) is 23.1. The standard InChI is InChI=1S/C21H26Cl3NO3/c1-2-28-21(27)19-9-8-18(13-6-4-3-5-7-13)25(19)20(26)12-15-16(23)10-14(22)11-17(15)24/h10-11,13,18-19H,2-9,12H2,1H3. The molecular formula is C21H26Cl3NO3. The van der Waals surface area contributed by atoms with Crippen LogP contribution in [-0.4, -0.2) is 35.5 Å². The third kappa shape index (κ3) is 4.77. The molecule has 0 aromatic heterocycles. The quantitative estimate of drug-likeness (QED) is 0.546. The van der Waals surface area contributed by atoms with Gasteiger partial charge in [0.2, 0.25) is 5.91 Å². The molecule has 3 rings (SSSR count). The number of carbonyl (C=O) groups is 2. The highest BCUT2D eigenvalue weighted by Crippen LogP contribution is 2.38. The number of ether oxygens (including phenoxy) is 1. The van der Waals surface area contributed by atoms with Crippen molar-refractivity contribution in [3.05, 3.63) is 32.8 Å². The fourth-order valence-corrected chi connectivity index (χ4v) is 5.58. The fourth-order valence-electron chi connectivity index (χ4n) is 4.63. The molecule has 4 nitrogen and oxygen atoms in total. The van der Waals surface area contributed by atoms with Gasteiger partial charge in [-0.15, -0.1) is 0 Å². The van der Waals surface area contributed by atoms with Crippen molar-refractivity contribution < 1.29 is 14.3 Å². The maximum atomic E-state index is 13.3. The van der Waals surface area contributed by atoms with E-state index < -0.39 is 6.04 Å². The Morgan fingerprint density at radius 1 is 1.04 bits per heavy atom.